The Labute approximate surface area is 131 Å². The van der Waals surface area contributed by atoms with Gasteiger partial charge < -0.3 is 20.3 Å². The van der Waals surface area contributed by atoms with Crippen LogP contribution >= 0.6 is 23.2 Å². The van der Waals surface area contributed by atoms with Crippen LogP contribution in [0.1, 0.15) is 17.5 Å². The summed E-state index contributed by atoms with van der Waals surface area (Å²) in [6.45, 7) is 0. The number of anilines is 1. The van der Waals surface area contributed by atoms with Gasteiger partial charge in [0.15, 0.2) is 5.82 Å². The lowest BCUT2D eigenvalue weighted by atomic mass is 10.1. The molecule has 0 aliphatic carbocycles. The third kappa shape index (κ3) is 3.12. The fraction of sp³-hybridized carbons (Fsp3) is 0.231. The fourth-order valence-corrected chi connectivity index (χ4v) is 2.18. The molecule has 1 heterocycles. The van der Waals surface area contributed by atoms with E-state index in [1.165, 1.54) is 26.4 Å². The van der Waals surface area contributed by atoms with E-state index in [2.05, 4.69) is 9.97 Å². The van der Waals surface area contributed by atoms with E-state index >= 15 is 0 Å². The van der Waals surface area contributed by atoms with Gasteiger partial charge >= 0.3 is 0 Å². The number of benzene rings is 1. The van der Waals surface area contributed by atoms with E-state index in [-0.39, 0.29) is 38.9 Å². The van der Waals surface area contributed by atoms with Gasteiger partial charge in [0.05, 0.1) is 31.0 Å². The number of halogens is 2. The van der Waals surface area contributed by atoms with E-state index in [1.807, 2.05) is 0 Å². The topological polar surface area (TPSA) is 90.5 Å². The maximum atomic E-state index is 10.5. The molecule has 0 aliphatic heterocycles. The van der Waals surface area contributed by atoms with Crippen molar-refractivity contribution in [1.82, 2.24) is 9.97 Å². The molecule has 1 unspecified atom stereocenters. The number of aliphatic hydroxyl groups is 1. The van der Waals surface area contributed by atoms with Gasteiger partial charge in [-0.25, -0.2) is 0 Å². The molecule has 0 aliphatic rings. The van der Waals surface area contributed by atoms with Crippen LogP contribution in [-0.4, -0.2) is 29.3 Å². The van der Waals surface area contributed by atoms with Gasteiger partial charge in [-0.3, -0.25) is 0 Å². The highest BCUT2D eigenvalue weighted by Gasteiger charge is 2.23. The van der Waals surface area contributed by atoms with Crippen molar-refractivity contribution in [2.75, 3.05) is 20.0 Å². The predicted molar refractivity (Wildman–Crippen MR) is 80.1 cm³/mol. The lowest BCUT2D eigenvalue weighted by molar-refractivity contribution is 0.206. The molecule has 0 bridgehead atoms. The number of aliphatic hydroxyl groups excluding tert-OH is 1. The monoisotopic (exact) mass is 329 g/mol. The Morgan fingerprint density at radius 3 is 2.14 bits per heavy atom. The van der Waals surface area contributed by atoms with Gasteiger partial charge in [-0.15, -0.1) is 0 Å². The summed E-state index contributed by atoms with van der Waals surface area (Å²) < 4.78 is 10.1. The predicted octanol–water partition coefficient (Wildman–Crippen LogP) is 2.46. The summed E-state index contributed by atoms with van der Waals surface area (Å²) in [5, 5.41) is 11.0. The largest absolute Gasteiger partial charge is 0.481 e. The van der Waals surface area contributed by atoms with Crippen LogP contribution in [0.25, 0.3) is 0 Å². The number of rotatable bonds is 4. The van der Waals surface area contributed by atoms with Gasteiger partial charge in [0.25, 0.3) is 0 Å². The van der Waals surface area contributed by atoms with Crippen LogP contribution in [0.15, 0.2) is 18.2 Å². The van der Waals surface area contributed by atoms with Crippen LogP contribution in [0, 0.1) is 0 Å². The number of nitrogens with zero attached hydrogens (tertiary/aromatic N) is 2. The molecule has 8 heteroatoms. The zero-order chi connectivity index (χ0) is 15.6. The summed E-state index contributed by atoms with van der Waals surface area (Å²) >= 11 is 12.0. The molecule has 1 atom stereocenters. The Morgan fingerprint density at radius 1 is 1.10 bits per heavy atom. The average Bonchev–Trinajstić information content (AvgIpc) is 2.50. The van der Waals surface area contributed by atoms with E-state index in [4.69, 9.17) is 38.4 Å². The first-order valence-electron chi connectivity index (χ1n) is 5.86. The Morgan fingerprint density at radius 2 is 1.62 bits per heavy atom. The Bertz CT molecular complexity index is 645. The maximum Gasteiger partial charge on any atom is 0.220 e. The second-order valence-corrected chi connectivity index (χ2v) is 4.88. The molecule has 1 aromatic carbocycles. The second kappa shape index (κ2) is 6.34. The highest BCUT2D eigenvalue weighted by atomic mass is 35.5. The zero-order valence-electron chi connectivity index (χ0n) is 11.3. The molecule has 0 amide bonds. The molecule has 3 N–H and O–H groups in total. The summed E-state index contributed by atoms with van der Waals surface area (Å²) in [6, 6.07) is 4.57. The average molecular weight is 330 g/mol. The van der Waals surface area contributed by atoms with Gasteiger partial charge in [0.1, 0.15) is 6.10 Å². The molecule has 0 saturated heterocycles. The number of ether oxygens (including phenoxy) is 2. The molecule has 0 radical (unpaired) electrons. The third-order valence-corrected chi connectivity index (χ3v) is 3.47. The van der Waals surface area contributed by atoms with Gasteiger partial charge in [-0.05, 0) is 12.1 Å². The van der Waals surface area contributed by atoms with Crippen molar-refractivity contribution in [3.05, 3.63) is 39.6 Å². The lowest BCUT2D eigenvalue weighted by Gasteiger charge is -2.16. The van der Waals surface area contributed by atoms with Crippen LogP contribution in [0.4, 0.5) is 5.69 Å². The minimum absolute atomic E-state index is 0.0436. The lowest BCUT2D eigenvalue weighted by Crippen LogP contribution is -2.10. The highest BCUT2D eigenvalue weighted by Crippen LogP contribution is 2.36. The molecular formula is C13H13Cl2N3O3. The van der Waals surface area contributed by atoms with Crippen molar-refractivity contribution < 1.29 is 14.6 Å². The van der Waals surface area contributed by atoms with Crippen LogP contribution in [0.5, 0.6) is 11.8 Å². The molecule has 2 rings (SSSR count). The molecule has 6 nitrogen and oxygen atoms in total. The quantitative estimate of drug-likeness (QED) is 0.837. The number of hydrogen-bond donors (Lipinski definition) is 2. The highest BCUT2D eigenvalue weighted by molar-refractivity contribution is 6.35. The first-order valence-corrected chi connectivity index (χ1v) is 6.62. The van der Waals surface area contributed by atoms with Gasteiger partial charge in [-0.1, -0.05) is 23.2 Å². The number of nitrogen functional groups attached to an aromatic ring is 1. The van der Waals surface area contributed by atoms with Crippen molar-refractivity contribution >= 4 is 28.9 Å². The summed E-state index contributed by atoms with van der Waals surface area (Å²) in [5.74, 6) is 0.530. The zero-order valence-corrected chi connectivity index (χ0v) is 12.8. The van der Waals surface area contributed by atoms with E-state index in [0.29, 0.717) is 0 Å². The Hall–Kier alpha value is -1.76. The van der Waals surface area contributed by atoms with E-state index in [1.54, 1.807) is 6.07 Å². The van der Waals surface area contributed by atoms with Gasteiger partial charge in [-0.2, -0.15) is 9.97 Å². The molecule has 2 aromatic rings. The summed E-state index contributed by atoms with van der Waals surface area (Å²) in [5.41, 5.74) is 6.27. The molecule has 21 heavy (non-hydrogen) atoms. The van der Waals surface area contributed by atoms with Gasteiger partial charge in [0, 0.05) is 10.6 Å². The first-order chi connectivity index (χ1) is 9.97. The number of aromatic nitrogens is 2. The van der Waals surface area contributed by atoms with Crippen LogP contribution in [0.3, 0.4) is 0 Å². The molecule has 112 valence electrons. The van der Waals surface area contributed by atoms with Gasteiger partial charge in [0.2, 0.25) is 11.8 Å². The minimum Gasteiger partial charge on any atom is -0.481 e. The van der Waals surface area contributed by atoms with Crippen molar-refractivity contribution in [3.63, 3.8) is 0 Å². The summed E-state index contributed by atoms with van der Waals surface area (Å²) in [4.78, 5) is 8.13. The fourth-order valence-electron chi connectivity index (χ4n) is 1.74. The molecule has 0 fully saturated rings. The molecular weight excluding hydrogens is 317 g/mol. The van der Waals surface area contributed by atoms with Crippen molar-refractivity contribution in [3.8, 4) is 11.8 Å². The van der Waals surface area contributed by atoms with Crippen molar-refractivity contribution in [2.45, 2.75) is 6.10 Å². The maximum absolute atomic E-state index is 10.5. The van der Waals surface area contributed by atoms with Crippen LogP contribution < -0.4 is 15.2 Å². The van der Waals surface area contributed by atoms with Crippen molar-refractivity contribution in [1.29, 1.82) is 0 Å². The van der Waals surface area contributed by atoms with Crippen LogP contribution in [0.2, 0.25) is 10.0 Å². The SMILES string of the molecule is COc1cc(OC)nc(C(O)c2c(Cl)ccc(Cl)c2N)n1. The number of methoxy groups -OCH3 is 2. The minimum atomic E-state index is -1.26. The standard InChI is InChI=1S/C13H13Cl2N3O3/c1-20-8-5-9(21-2)18-13(17-8)12(19)10-6(14)3-4-7(15)11(10)16/h3-5,12,19H,16H2,1-2H3. The second-order valence-electron chi connectivity index (χ2n) is 4.07. The van der Waals surface area contributed by atoms with Crippen molar-refractivity contribution in [2.24, 2.45) is 0 Å². The molecule has 0 spiro atoms. The third-order valence-electron chi connectivity index (χ3n) is 2.81. The number of nitrogens with two attached hydrogens (primary N) is 1. The molecule has 0 saturated carbocycles. The molecule has 1 aromatic heterocycles. The Kier molecular flexibility index (Phi) is 4.72. The smallest absolute Gasteiger partial charge is 0.220 e. The van der Waals surface area contributed by atoms with E-state index in [0.717, 1.165) is 0 Å². The van der Waals surface area contributed by atoms with Crippen LogP contribution in [-0.2, 0) is 0 Å². The first kappa shape index (κ1) is 15.6. The number of hydrogen-bond acceptors (Lipinski definition) is 6. The summed E-state index contributed by atoms with van der Waals surface area (Å²) in [6.07, 6.45) is -1.26. The van der Waals surface area contributed by atoms with E-state index in [9.17, 15) is 5.11 Å². The van der Waals surface area contributed by atoms with E-state index < -0.39 is 6.10 Å². The Balaban J connectivity index is 2.54. The normalized spacial score (nSPS) is 12.0. The summed E-state index contributed by atoms with van der Waals surface area (Å²) in [7, 11) is 2.89.